The average Bonchev–Trinajstić information content (AvgIpc) is 2.38. The number of benzene rings is 1. The Hall–Kier alpha value is -0.970. The van der Waals surface area contributed by atoms with Crippen molar-refractivity contribution in [2.75, 3.05) is 17.6 Å². The molecule has 118 valence electrons. The highest BCUT2D eigenvalue weighted by atomic mass is 35.5. The van der Waals surface area contributed by atoms with E-state index in [-0.39, 0.29) is 18.0 Å². The molecule has 1 amide bonds. The molecular formula is C15H23Cl2N3O. The number of nitrogens with one attached hydrogen (secondary N) is 1. The van der Waals surface area contributed by atoms with Crippen LogP contribution in [-0.4, -0.2) is 29.4 Å². The van der Waals surface area contributed by atoms with Crippen molar-refractivity contribution in [3.63, 3.8) is 0 Å². The zero-order valence-corrected chi connectivity index (χ0v) is 14.4. The van der Waals surface area contributed by atoms with Crippen LogP contribution >= 0.6 is 23.2 Å². The summed E-state index contributed by atoms with van der Waals surface area (Å²) in [6.45, 7) is 8.97. The van der Waals surface area contributed by atoms with Crippen LogP contribution in [0.15, 0.2) is 12.1 Å². The first kappa shape index (κ1) is 18.1. The molecule has 3 N–H and O–H groups in total. The highest BCUT2D eigenvalue weighted by Crippen LogP contribution is 2.33. The molecule has 0 saturated carbocycles. The lowest BCUT2D eigenvalue weighted by molar-refractivity contribution is -0.121. The number of carbonyl (C=O) groups is 1. The maximum Gasteiger partial charge on any atom is 0.241 e. The average molecular weight is 332 g/mol. The second-order valence-electron chi connectivity index (χ2n) is 5.36. The van der Waals surface area contributed by atoms with Gasteiger partial charge in [-0.3, -0.25) is 9.69 Å². The number of anilines is 2. The number of halogens is 2. The fourth-order valence-electron chi connectivity index (χ4n) is 2.25. The molecule has 6 heteroatoms. The van der Waals surface area contributed by atoms with Crippen molar-refractivity contribution in [3.8, 4) is 0 Å². The number of amides is 1. The smallest absolute Gasteiger partial charge is 0.241 e. The van der Waals surface area contributed by atoms with Crippen LogP contribution in [0.4, 0.5) is 11.4 Å². The van der Waals surface area contributed by atoms with Crippen LogP contribution in [0.3, 0.4) is 0 Å². The summed E-state index contributed by atoms with van der Waals surface area (Å²) in [6.07, 6.45) is 0.985. The highest BCUT2D eigenvalue weighted by Gasteiger charge is 2.24. The predicted octanol–water partition coefficient (Wildman–Crippen LogP) is 4.02. The molecule has 0 saturated heterocycles. The van der Waals surface area contributed by atoms with Gasteiger partial charge in [0.2, 0.25) is 5.91 Å². The number of nitrogens with zero attached hydrogens (tertiary/aromatic N) is 1. The standard InChI is InChI=1S/C15H23Cl2N3O/c1-5-6-20(9(2)3)10(4)15(21)19-14-12(16)7-11(18)8-13(14)17/h7-10H,5-6,18H2,1-4H3,(H,19,21). The molecule has 0 fully saturated rings. The van der Waals surface area contributed by atoms with E-state index in [4.69, 9.17) is 28.9 Å². The van der Waals surface area contributed by atoms with Gasteiger partial charge in [0.15, 0.2) is 0 Å². The van der Waals surface area contributed by atoms with E-state index in [1.165, 1.54) is 0 Å². The van der Waals surface area contributed by atoms with Crippen LogP contribution in [-0.2, 0) is 4.79 Å². The maximum absolute atomic E-state index is 12.4. The Balaban J connectivity index is 2.90. The lowest BCUT2D eigenvalue weighted by Crippen LogP contribution is -2.46. The molecule has 0 radical (unpaired) electrons. The van der Waals surface area contributed by atoms with E-state index >= 15 is 0 Å². The van der Waals surface area contributed by atoms with Gasteiger partial charge in [-0.05, 0) is 45.9 Å². The minimum atomic E-state index is -0.269. The monoisotopic (exact) mass is 331 g/mol. The van der Waals surface area contributed by atoms with Gasteiger partial charge in [-0.25, -0.2) is 0 Å². The summed E-state index contributed by atoms with van der Waals surface area (Å²) >= 11 is 12.2. The Labute approximate surface area is 136 Å². The number of hydrogen-bond donors (Lipinski definition) is 2. The molecule has 1 unspecified atom stereocenters. The Bertz CT molecular complexity index is 483. The molecule has 0 aliphatic carbocycles. The Morgan fingerprint density at radius 1 is 1.29 bits per heavy atom. The van der Waals surface area contributed by atoms with Crippen LogP contribution in [0.2, 0.25) is 10.0 Å². The highest BCUT2D eigenvalue weighted by molar-refractivity contribution is 6.40. The molecular weight excluding hydrogens is 309 g/mol. The zero-order chi connectivity index (χ0) is 16.2. The van der Waals surface area contributed by atoms with Crippen molar-refractivity contribution >= 4 is 40.5 Å². The lowest BCUT2D eigenvalue weighted by atomic mass is 10.2. The van der Waals surface area contributed by atoms with E-state index in [1.807, 2.05) is 6.92 Å². The number of nitrogens with two attached hydrogens (primary N) is 1. The van der Waals surface area contributed by atoms with Gasteiger partial charge in [0.25, 0.3) is 0 Å². The minimum Gasteiger partial charge on any atom is -0.399 e. The first-order valence-electron chi connectivity index (χ1n) is 7.09. The maximum atomic E-state index is 12.4. The summed E-state index contributed by atoms with van der Waals surface area (Å²) in [5, 5.41) is 3.48. The quantitative estimate of drug-likeness (QED) is 0.774. The molecule has 0 aliphatic heterocycles. The van der Waals surface area contributed by atoms with Crippen molar-refractivity contribution in [1.82, 2.24) is 4.90 Å². The Morgan fingerprint density at radius 3 is 2.24 bits per heavy atom. The Morgan fingerprint density at radius 2 is 1.81 bits per heavy atom. The second kappa shape index (κ2) is 7.87. The summed E-state index contributed by atoms with van der Waals surface area (Å²) in [6, 6.07) is 3.15. The van der Waals surface area contributed by atoms with Crippen LogP contribution in [0, 0.1) is 0 Å². The SMILES string of the molecule is CCCN(C(C)C)C(C)C(=O)Nc1c(Cl)cc(N)cc1Cl. The normalized spacial score (nSPS) is 12.8. The summed E-state index contributed by atoms with van der Waals surface area (Å²) in [7, 11) is 0. The third-order valence-electron chi connectivity index (χ3n) is 3.33. The molecule has 0 aliphatic rings. The molecule has 21 heavy (non-hydrogen) atoms. The number of carbonyl (C=O) groups excluding carboxylic acids is 1. The number of rotatable bonds is 6. The van der Waals surface area contributed by atoms with Crippen molar-refractivity contribution in [3.05, 3.63) is 22.2 Å². The van der Waals surface area contributed by atoms with Crippen molar-refractivity contribution < 1.29 is 4.79 Å². The molecule has 1 aromatic carbocycles. The van der Waals surface area contributed by atoms with Gasteiger partial charge in [-0.1, -0.05) is 30.1 Å². The van der Waals surface area contributed by atoms with Crippen LogP contribution in [0.5, 0.6) is 0 Å². The van der Waals surface area contributed by atoms with Crippen LogP contribution in [0.1, 0.15) is 34.1 Å². The molecule has 1 atom stereocenters. The largest absolute Gasteiger partial charge is 0.399 e. The van der Waals surface area contributed by atoms with E-state index in [1.54, 1.807) is 12.1 Å². The molecule has 1 aromatic rings. The molecule has 0 aromatic heterocycles. The third kappa shape index (κ3) is 4.77. The molecule has 1 rings (SSSR count). The van der Waals surface area contributed by atoms with Crippen molar-refractivity contribution in [2.24, 2.45) is 0 Å². The van der Waals surface area contributed by atoms with Gasteiger partial charge in [-0.2, -0.15) is 0 Å². The summed E-state index contributed by atoms with van der Waals surface area (Å²) in [4.78, 5) is 14.6. The third-order valence-corrected chi connectivity index (χ3v) is 3.93. The fraction of sp³-hybridized carbons (Fsp3) is 0.533. The van der Waals surface area contributed by atoms with Gasteiger partial charge in [0, 0.05) is 11.7 Å². The van der Waals surface area contributed by atoms with E-state index < -0.39 is 0 Å². The van der Waals surface area contributed by atoms with Gasteiger partial charge in [0.1, 0.15) is 0 Å². The first-order valence-corrected chi connectivity index (χ1v) is 7.84. The van der Waals surface area contributed by atoms with Gasteiger partial charge < -0.3 is 11.1 Å². The lowest BCUT2D eigenvalue weighted by Gasteiger charge is -2.31. The van der Waals surface area contributed by atoms with Gasteiger partial charge in [0.05, 0.1) is 21.8 Å². The summed E-state index contributed by atoms with van der Waals surface area (Å²) < 4.78 is 0. The second-order valence-corrected chi connectivity index (χ2v) is 6.17. The van der Waals surface area contributed by atoms with E-state index in [0.29, 0.717) is 21.4 Å². The predicted molar refractivity (Wildman–Crippen MR) is 91.1 cm³/mol. The zero-order valence-electron chi connectivity index (χ0n) is 12.9. The number of nitrogen functional groups attached to an aromatic ring is 1. The van der Waals surface area contributed by atoms with Crippen LogP contribution in [0.25, 0.3) is 0 Å². The van der Waals surface area contributed by atoms with Crippen molar-refractivity contribution in [1.29, 1.82) is 0 Å². The van der Waals surface area contributed by atoms with Gasteiger partial charge in [-0.15, -0.1) is 0 Å². The fourth-order valence-corrected chi connectivity index (χ4v) is 2.85. The Kier molecular flexibility index (Phi) is 6.78. The van der Waals surface area contributed by atoms with Crippen LogP contribution < -0.4 is 11.1 Å². The van der Waals surface area contributed by atoms with Crippen molar-refractivity contribution in [2.45, 2.75) is 46.2 Å². The first-order chi connectivity index (χ1) is 9.77. The van der Waals surface area contributed by atoms with Gasteiger partial charge >= 0.3 is 0 Å². The molecule has 0 heterocycles. The number of hydrogen-bond acceptors (Lipinski definition) is 3. The minimum absolute atomic E-state index is 0.134. The molecule has 4 nitrogen and oxygen atoms in total. The van der Waals surface area contributed by atoms with E-state index in [2.05, 4.69) is 31.0 Å². The summed E-state index contributed by atoms with van der Waals surface area (Å²) in [5.74, 6) is -0.134. The topological polar surface area (TPSA) is 58.4 Å². The van der Waals surface area contributed by atoms with E-state index in [0.717, 1.165) is 13.0 Å². The molecule has 0 spiro atoms. The molecule has 0 bridgehead atoms. The van der Waals surface area contributed by atoms with E-state index in [9.17, 15) is 4.79 Å². The summed E-state index contributed by atoms with van der Waals surface area (Å²) in [5.41, 5.74) is 6.53.